The van der Waals surface area contributed by atoms with Crippen LogP contribution < -0.4 is 14.5 Å². The molecule has 2 heterocycles. The number of para-hydroxylation sites is 1. The van der Waals surface area contributed by atoms with Gasteiger partial charge in [0.15, 0.2) is 0 Å². The highest BCUT2D eigenvalue weighted by atomic mass is 19.4. The minimum atomic E-state index is -4.65. The highest BCUT2D eigenvalue weighted by molar-refractivity contribution is 6.23. The predicted octanol–water partition coefficient (Wildman–Crippen LogP) is 5.95. The van der Waals surface area contributed by atoms with E-state index in [1.165, 1.54) is 15.9 Å². The molecule has 1 aromatic heterocycles. The van der Waals surface area contributed by atoms with Crippen molar-refractivity contribution < 1.29 is 32.2 Å². The number of carbonyl (C=O) groups is 2. The number of rotatable bonds is 8. The van der Waals surface area contributed by atoms with Gasteiger partial charge in [0.25, 0.3) is 0 Å². The van der Waals surface area contributed by atoms with E-state index < -0.39 is 29.5 Å². The zero-order valence-corrected chi connectivity index (χ0v) is 23.3. The summed E-state index contributed by atoms with van der Waals surface area (Å²) in [6, 6.07) is 16.5. The summed E-state index contributed by atoms with van der Waals surface area (Å²) < 4.78 is 54.1. The summed E-state index contributed by atoms with van der Waals surface area (Å²) in [4.78, 5) is 31.1. The maximum Gasteiger partial charge on any atom is 0.416 e. The van der Waals surface area contributed by atoms with Gasteiger partial charge in [-0.05, 0) is 55.0 Å². The number of nitrogens with zero attached hydrogens (tertiary/aromatic N) is 4. The Kier molecular flexibility index (Phi) is 8.04. The molecule has 3 aromatic carbocycles. The largest absolute Gasteiger partial charge is 0.491 e. The molecule has 11 heteroatoms. The van der Waals surface area contributed by atoms with Gasteiger partial charge in [0.1, 0.15) is 18.3 Å². The van der Waals surface area contributed by atoms with Gasteiger partial charge in [-0.25, -0.2) is 0 Å². The minimum absolute atomic E-state index is 0.0225. The van der Waals surface area contributed by atoms with Gasteiger partial charge >= 0.3 is 6.18 Å². The summed E-state index contributed by atoms with van der Waals surface area (Å²) in [5, 5.41) is 4.24. The molecule has 0 aliphatic carbocycles. The quantitative estimate of drug-likeness (QED) is 0.191. The molecule has 4 aromatic rings. The second-order valence-corrected chi connectivity index (χ2v) is 9.73. The van der Waals surface area contributed by atoms with Crippen LogP contribution in [-0.2, 0) is 27.5 Å². The molecule has 8 nitrogen and oxygen atoms in total. The highest BCUT2D eigenvalue weighted by Crippen LogP contribution is 2.45. The van der Waals surface area contributed by atoms with Crippen LogP contribution in [-0.4, -0.2) is 48.5 Å². The first kappa shape index (κ1) is 28.9. The van der Waals surface area contributed by atoms with Crippen molar-refractivity contribution in [2.75, 3.05) is 36.7 Å². The molecule has 1 aliphatic rings. The van der Waals surface area contributed by atoms with Crippen molar-refractivity contribution in [1.82, 2.24) is 9.78 Å². The van der Waals surface area contributed by atoms with Gasteiger partial charge < -0.3 is 14.4 Å². The average molecular weight is 579 g/mol. The van der Waals surface area contributed by atoms with E-state index in [-0.39, 0.29) is 24.5 Å². The van der Waals surface area contributed by atoms with Gasteiger partial charge in [0.05, 0.1) is 29.7 Å². The van der Waals surface area contributed by atoms with Crippen LogP contribution in [0.2, 0.25) is 0 Å². The Labute approximate surface area is 240 Å². The first-order valence-electron chi connectivity index (χ1n) is 13.3. The van der Waals surface area contributed by atoms with E-state index in [2.05, 4.69) is 5.10 Å². The predicted molar refractivity (Wildman–Crippen MR) is 152 cm³/mol. The van der Waals surface area contributed by atoms with Crippen molar-refractivity contribution in [2.45, 2.75) is 19.0 Å². The van der Waals surface area contributed by atoms with Crippen LogP contribution in [0.25, 0.3) is 11.1 Å². The number of methoxy groups -OCH3 is 1. The minimum Gasteiger partial charge on any atom is -0.491 e. The van der Waals surface area contributed by atoms with Crippen molar-refractivity contribution >= 4 is 28.9 Å². The fourth-order valence-electron chi connectivity index (χ4n) is 5.06. The summed E-state index contributed by atoms with van der Waals surface area (Å²) in [5.41, 5.74) is 1.27. The molecule has 2 amide bonds. The third kappa shape index (κ3) is 5.47. The monoisotopic (exact) mass is 578 g/mol. The van der Waals surface area contributed by atoms with E-state index in [0.29, 0.717) is 34.7 Å². The summed E-state index contributed by atoms with van der Waals surface area (Å²) in [6.45, 7) is 2.47. The van der Waals surface area contributed by atoms with Gasteiger partial charge in [0.2, 0.25) is 11.8 Å². The SMILES string of the molecule is CCN1C(=O)C(c2ccc(OCCOC)c(-c3cnn(C)c3)c2)C(=O)N(c2ccccc2)c2cc(C(F)(F)F)ccc21. The Morgan fingerprint density at radius 3 is 2.33 bits per heavy atom. The molecule has 0 saturated carbocycles. The molecule has 42 heavy (non-hydrogen) atoms. The molecule has 0 saturated heterocycles. The van der Waals surface area contributed by atoms with Gasteiger partial charge in [-0.1, -0.05) is 24.3 Å². The molecule has 1 atom stereocenters. The third-order valence-electron chi connectivity index (χ3n) is 7.04. The van der Waals surface area contributed by atoms with E-state index in [1.807, 2.05) is 0 Å². The number of alkyl halides is 3. The lowest BCUT2D eigenvalue weighted by Gasteiger charge is -2.26. The topological polar surface area (TPSA) is 76.9 Å². The number of ether oxygens (including phenoxy) is 2. The van der Waals surface area contributed by atoms with E-state index in [0.717, 1.165) is 12.1 Å². The number of benzene rings is 3. The second-order valence-electron chi connectivity index (χ2n) is 9.73. The van der Waals surface area contributed by atoms with Crippen molar-refractivity contribution in [3.05, 3.63) is 90.3 Å². The van der Waals surface area contributed by atoms with Gasteiger partial charge in [-0.2, -0.15) is 18.3 Å². The van der Waals surface area contributed by atoms with E-state index in [1.54, 1.807) is 86.7 Å². The fourth-order valence-corrected chi connectivity index (χ4v) is 5.06. The number of halogens is 3. The molecule has 0 spiro atoms. The lowest BCUT2D eigenvalue weighted by molar-refractivity contribution is -0.137. The van der Waals surface area contributed by atoms with Crippen molar-refractivity contribution in [2.24, 2.45) is 7.05 Å². The van der Waals surface area contributed by atoms with E-state index >= 15 is 0 Å². The molecule has 0 radical (unpaired) electrons. The van der Waals surface area contributed by atoms with Crippen LogP contribution in [0.3, 0.4) is 0 Å². The summed E-state index contributed by atoms with van der Waals surface area (Å²) in [7, 11) is 3.33. The first-order valence-corrected chi connectivity index (χ1v) is 13.3. The zero-order chi connectivity index (χ0) is 30.0. The molecule has 0 N–H and O–H groups in total. The van der Waals surface area contributed by atoms with Crippen LogP contribution in [0.5, 0.6) is 5.75 Å². The first-order chi connectivity index (χ1) is 20.1. The number of carbonyl (C=O) groups excluding carboxylic acids is 2. The number of aromatic nitrogens is 2. The molecule has 0 fully saturated rings. The van der Waals surface area contributed by atoms with E-state index in [9.17, 15) is 22.8 Å². The standard InChI is InChI=1S/C31H29F3N4O4/c1-4-37-25-12-11-22(31(32,33)34)17-26(25)38(23-8-6-5-7-9-23)30(40)28(29(37)39)20-10-13-27(42-15-14-41-3)24(16-20)21-18-35-36(2)19-21/h5-13,16-19,28H,4,14-15H2,1-3H3. The van der Waals surface area contributed by atoms with Crippen LogP contribution >= 0.6 is 0 Å². The Morgan fingerprint density at radius 2 is 1.69 bits per heavy atom. The number of hydrogen-bond donors (Lipinski definition) is 0. The van der Waals surface area contributed by atoms with Crippen LogP contribution in [0.4, 0.5) is 30.2 Å². The summed E-state index contributed by atoms with van der Waals surface area (Å²) in [6.07, 6.45) is -1.23. The van der Waals surface area contributed by atoms with Gasteiger partial charge in [-0.3, -0.25) is 19.2 Å². The number of amides is 2. The van der Waals surface area contributed by atoms with Crippen LogP contribution in [0.15, 0.2) is 79.1 Å². The third-order valence-corrected chi connectivity index (χ3v) is 7.04. The Morgan fingerprint density at radius 1 is 0.929 bits per heavy atom. The number of anilines is 3. The van der Waals surface area contributed by atoms with Crippen molar-refractivity contribution in [3.63, 3.8) is 0 Å². The number of likely N-dealkylation sites (N-methyl/N-ethyl adjacent to an activating group) is 1. The van der Waals surface area contributed by atoms with Crippen LogP contribution in [0.1, 0.15) is 24.0 Å². The van der Waals surface area contributed by atoms with Crippen LogP contribution in [0, 0.1) is 0 Å². The molecular formula is C31H29F3N4O4. The van der Waals surface area contributed by atoms with Gasteiger partial charge in [0, 0.05) is 43.7 Å². The normalized spacial score (nSPS) is 15.5. The molecule has 5 rings (SSSR count). The Bertz CT molecular complexity index is 1600. The van der Waals surface area contributed by atoms with Crippen molar-refractivity contribution in [3.8, 4) is 16.9 Å². The lowest BCUT2D eigenvalue weighted by Crippen LogP contribution is -2.39. The Balaban J connectivity index is 1.70. The smallest absolute Gasteiger partial charge is 0.416 e. The highest BCUT2D eigenvalue weighted by Gasteiger charge is 2.43. The maximum absolute atomic E-state index is 14.4. The van der Waals surface area contributed by atoms with E-state index in [4.69, 9.17) is 9.47 Å². The zero-order valence-electron chi connectivity index (χ0n) is 23.3. The second kappa shape index (κ2) is 11.7. The molecule has 218 valence electrons. The van der Waals surface area contributed by atoms with Gasteiger partial charge in [-0.15, -0.1) is 0 Å². The molecule has 1 unspecified atom stereocenters. The molecular weight excluding hydrogens is 549 g/mol. The average Bonchev–Trinajstić information content (AvgIpc) is 3.37. The lowest BCUT2D eigenvalue weighted by atomic mass is 9.92. The number of aryl methyl sites for hydroxylation is 1. The molecule has 0 bridgehead atoms. The molecule has 1 aliphatic heterocycles. The summed E-state index contributed by atoms with van der Waals surface area (Å²) >= 11 is 0. The number of hydrogen-bond acceptors (Lipinski definition) is 5. The van der Waals surface area contributed by atoms with Crippen molar-refractivity contribution in [1.29, 1.82) is 0 Å². The maximum atomic E-state index is 14.4. The summed E-state index contributed by atoms with van der Waals surface area (Å²) in [5.74, 6) is -2.07. The number of fused-ring (bicyclic) bond motifs is 1. The fraction of sp³-hybridized carbons (Fsp3) is 0.258. The Hall–Kier alpha value is -4.64.